The molecule has 1 amide bonds. The molecule has 0 unspecified atom stereocenters. The first-order valence-corrected chi connectivity index (χ1v) is 7.55. The van der Waals surface area contributed by atoms with Gasteiger partial charge in [-0.3, -0.25) is 9.59 Å². The summed E-state index contributed by atoms with van der Waals surface area (Å²) in [4.78, 5) is 25.9. The summed E-state index contributed by atoms with van der Waals surface area (Å²) < 4.78 is 15.5. The van der Waals surface area contributed by atoms with Gasteiger partial charge in [-0.15, -0.1) is 0 Å². The van der Waals surface area contributed by atoms with E-state index in [1.807, 2.05) is 0 Å². The van der Waals surface area contributed by atoms with Crippen molar-refractivity contribution < 1.29 is 23.8 Å². The molecule has 1 heterocycles. The van der Waals surface area contributed by atoms with Crippen LogP contribution in [0.2, 0.25) is 0 Å². The molecule has 118 valence electrons. The summed E-state index contributed by atoms with van der Waals surface area (Å²) in [5, 5.41) is 0. The van der Waals surface area contributed by atoms with Crippen molar-refractivity contribution in [2.75, 3.05) is 19.9 Å². The van der Waals surface area contributed by atoms with Crippen molar-refractivity contribution in [1.82, 2.24) is 4.90 Å². The molecule has 1 aliphatic carbocycles. The molecular formula is C16H19NO5. The minimum absolute atomic E-state index is 0.0786. The molecule has 6 nitrogen and oxygen atoms in total. The lowest BCUT2D eigenvalue weighted by Gasteiger charge is -2.22. The Kier molecular flexibility index (Phi) is 4.18. The van der Waals surface area contributed by atoms with E-state index >= 15 is 0 Å². The van der Waals surface area contributed by atoms with Crippen LogP contribution in [0.25, 0.3) is 0 Å². The fourth-order valence-electron chi connectivity index (χ4n) is 2.48. The van der Waals surface area contributed by atoms with Crippen LogP contribution in [0.3, 0.4) is 0 Å². The van der Waals surface area contributed by atoms with Gasteiger partial charge in [0.25, 0.3) is 5.91 Å². The van der Waals surface area contributed by atoms with Gasteiger partial charge in [-0.2, -0.15) is 0 Å². The topological polar surface area (TPSA) is 65.1 Å². The Labute approximate surface area is 128 Å². The molecule has 0 aromatic heterocycles. The third-order valence-corrected chi connectivity index (χ3v) is 3.73. The van der Waals surface area contributed by atoms with Crippen molar-refractivity contribution in [2.45, 2.75) is 32.2 Å². The lowest BCUT2D eigenvalue weighted by molar-refractivity contribution is -0.143. The lowest BCUT2D eigenvalue weighted by atomic mass is 10.1. The molecule has 3 rings (SSSR count). The van der Waals surface area contributed by atoms with Gasteiger partial charge < -0.3 is 19.1 Å². The number of hydrogen-bond acceptors (Lipinski definition) is 5. The monoisotopic (exact) mass is 305 g/mol. The molecule has 6 heteroatoms. The van der Waals surface area contributed by atoms with E-state index in [-0.39, 0.29) is 31.1 Å². The van der Waals surface area contributed by atoms with Gasteiger partial charge in [0.1, 0.15) is 0 Å². The van der Waals surface area contributed by atoms with Crippen LogP contribution < -0.4 is 9.47 Å². The molecule has 0 N–H and O–H groups in total. The van der Waals surface area contributed by atoms with Crippen LogP contribution in [0.5, 0.6) is 11.5 Å². The average Bonchev–Trinajstić information content (AvgIpc) is 3.24. The summed E-state index contributed by atoms with van der Waals surface area (Å²) in [6.07, 6.45) is 2.19. The Morgan fingerprint density at radius 1 is 1.27 bits per heavy atom. The quantitative estimate of drug-likeness (QED) is 0.752. The maximum absolute atomic E-state index is 12.7. The molecule has 2 aliphatic rings. The van der Waals surface area contributed by atoms with E-state index < -0.39 is 0 Å². The molecule has 1 aromatic carbocycles. The number of fused-ring (bicyclic) bond motifs is 1. The van der Waals surface area contributed by atoms with Crippen LogP contribution in [-0.2, 0) is 9.53 Å². The zero-order chi connectivity index (χ0) is 15.5. The molecule has 22 heavy (non-hydrogen) atoms. The summed E-state index contributed by atoms with van der Waals surface area (Å²) in [7, 11) is 0. The van der Waals surface area contributed by atoms with Crippen molar-refractivity contribution >= 4 is 11.9 Å². The standard InChI is InChI=1S/C16H19NO5/c1-2-20-15(18)7-8-17(12-4-5-12)16(19)11-3-6-13-14(9-11)22-10-21-13/h3,6,9,12H,2,4-5,7-8,10H2,1H3. The van der Waals surface area contributed by atoms with Crippen LogP contribution in [0.15, 0.2) is 18.2 Å². The van der Waals surface area contributed by atoms with Gasteiger partial charge in [0, 0.05) is 18.2 Å². The zero-order valence-corrected chi connectivity index (χ0v) is 12.5. The Morgan fingerprint density at radius 3 is 2.77 bits per heavy atom. The number of hydrogen-bond donors (Lipinski definition) is 0. The fourth-order valence-corrected chi connectivity index (χ4v) is 2.48. The minimum Gasteiger partial charge on any atom is -0.466 e. The Bertz CT molecular complexity index is 582. The van der Waals surface area contributed by atoms with Gasteiger partial charge in [-0.05, 0) is 38.0 Å². The summed E-state index contributed by atoms with van der Waals surface area (Å²) >= 11 is 0. The third kappa shape index (κ3) is 3.16. The van der Waals surface area contributed by atoms with Gasteiger partial charge in [0.15, 0.2) is 11.5 Å². The van der Waals surface area contributed by atoms with Gasteiger partial charge in [0.2, 0.25) is 6.79 Å². The highest BCUT2D eigenvalue weighted by Crippen LogP contribution is 2.34. The van der Waals surface area contributed by atoms with Crippen molar-refractivity contribution in [3.63, 3.8) is 0 Å². The summed E-state index contributed by atoms with van der Waals surface area (Å²) in [6.45, 7) is 2.70. The SMILES string of the molecule is CCOC(=O)CCN(C(=O)c1ccc2c(c1)OCO2)C1CC1. The first-order chi connectivity index (χ1) is 10.7. The molecule has 0 radical (unpaired) electrons. The Morgan fingerprint density at radius 2 is 2.05 bits per heavy atom. The normalized spacial score (nSPS) is 15.5. The smallest absolute Gasteiger partial charge is 0.307 e. The summed E-state index contributed by atoms with van der Waals surface area (Å²) in [5.74, 6) is 0.893. The maximum atomic E-state index is 12.7. The first-order valence-electron chi connectivity index (χ1n) is 7.55. The predicted molar refractivity (Wildman–Crippen MR) is 77.9 cm³/mol. The molecule has 0 atom stereocenters. The third-order valence-electron chi connectivity index (χ3n) is 3.73. The van der Waals surface area contributed by atoms with Crippen LogP contribution in [0.1, 0.15) is 36.5 Å². The molecule has 1 aromatic rings. The van der Waals surface area contributed by atoms with Gasteiger partial charge in [-0.25, -0.2) is 0 Å². The van der Waals surface area contributed by atoms with E-state index in [0.717, 1.165) is 12.8 Å². The van der Waals surface area contributed by atoms with E-state index in [9.17, 15) is 9.59 Å². The Balaban J connectivity index is 1.68. The highest BCUT2D eigenvalue weighted by Gasteiger charge is 2.33. The molecule has 0 saturated heterocycles. The Hall–Kier alpha value is -2.24. The van der Waals surface area contributed by atoms with E-state index in [2.05, 4.69) is 0 Å². The van der Waals surface area contributed by atoms with Crippen molar-refractivity contribution in [3.8, 4) is 11.5 Å². The number of carbonyl (C=O) groups is 2. The number of rotatable bonds is 6. The maximum Gasteiger partial charge on any atom is 0.307 e. The van der Waals surface area contributed by atoms with E-state index in [0.29, 0.717) is 30.2 Å². The molecule has 1 aliphatic heterocycles. The molecule has 0 bridgehead atoms. The number of carbonyl (C=O) groups excluding carboxylic acids is 2. The minimum atomic E-state index is -0.272. The van der Waals surface area contributed by atoms with E-state index in [1.54, 1.807) is 30.0 Å². The highest BCUT2D eigenvalue weighted by atomic mass is 16.7. The number of esters is 1. The molecule has 1 saturated carbocycles. The molecular weight excluding hydrogens is 286 g/mol. The van der Waals surface area contributed by atoms with Crippen LogP contribution in [0.4, 0.5) is 0 Å². The fraction of sp³-hybridized carbons (Fsp3) is 0.500. The number of benzene rings is 1. The van der Waals surface area contributed by atoms with Crippen LogP contribution in [0, 0.1) is 0 Å². The number of nitrogens with zero attached hydrogens (tertiary/aromatic N) is 1. The van der Waals surface area contributed by atoms with Gasteiger partial charge in [-0.1, -0.05) is 0 Å². The first kappa shape index (κ1) is 14.7. The van der Waals surface area contributed by atoms with E-state index in [1.165, 1.54) is 0 Å². The van der Waals surface area contributed by atoms with Gasteiger partial charge >= 0.3 is 5.97 Å². The molecule has 0 spiro atoms. The van der Waals surface area contributed by atoms with Gasteiger partial charge in [0.05, 0.1) is 13.0 Å². The lowest BCUT2D eigenvalue weighted by Crippen LogP contribution is -2.35. The van der Waals surface area contributed by atoms with E-state index in [4.69, 9.17) is 14.2 Å². The second kappa shape index (κ2) is 6.25. The summed E-state index contributed by atoms with van der Waals surface area (Å²) in [5.41, 5.74) is 0.556. The zero-order valence-electron chi connectivity index (χ0n) is 12.5. The number of amides is 1. The second-order valence-electron chi connectivity index (χ2n) is 5.35. The van der Waals surface area contributed by atoms with Crippen LogP contribution in [-0.4, -0.2) is 42.8 Å². The van der Waals surface area contributed by atoms with Crippen molar-refractivity contribution in [2.24, 2.45) is 0 Å². The average molecular weight is 305 g/mol. The molecule has 1 fully saturated rings. The summed E-state index contributed by atoms with van der Waals surface area (Å²) in [6, 6.07) is 5.40. The highest BCUT2D eigenvalue weighted by molar-refractivity contribution is 5.95. The second-order valence-corrected chi connectivity index (χ2v) is 5.35. The van der Waals surface area contributed by atoms with Crippen molar-refractivity contribution in [1.29, 1.82) is 0 Å². The predicted octanol–water partition coefficient (Wildman–Crippen LogP) is 1.97. The largest absolute Gasteiger partial charge is 0.466 e. The van der Waals surface area contributed by atoms with Crippen LogP contribution >= 0.6 is 0 Å². The number of ether oxygens (including phenoxy) is 3. The van der Waals surface area contributed by atoms with Crippen molar-refractivity contribution in [3.05, 3.63) is 23.8 Å².